The van der Waals surface area contributed by atoms with Gasteiger partial charge in [0.05, 0.1) is 11.7 Å². The van der Waals surface area contributed by atoms with Crippen molar-refractivity contribution in [3.05, 3.63) is 40.2 Å². The number of benzene rings is 1. The summed E-state index contributed by atoms with van der Waals surface area (Å²) in [6.07, 6.45) is -0.141. The number of fused-ring (bicyclic) bond motifs is 3. The molecule has 7 heteroatoms. The van der Waals surface area contributed by atoms with Crippen LogP contribution < -0.4 is 0 Å². The smallest absolute Gasteiger partial charge is 0.196 e. The Morgan fingerprint density at radius 2 is 1.87 bits per heavy atom. The van der Waals surface area contributed by atoms with Gasteiger partial charge in [-0.3, -0.25) is 14.4 Å². The van der Waals surface area contributed by atoms with Crippen LogP contribution in [0.15, 0.2) is 23.5 Å². The van der Waals surface area contributed by atoms with E-state index < -0.39 is 52.6 Å². The molecule has 0 heterocycles. The summed E-state index contributed by atoms with van der Waals surface area (Å²) in [7, 11) is 0. The number of phenolic OH excluding ortho intramolecular Hbond substituents is 1. The molecule has 4 rings (SSSR count). The third kappa shape index (κ3) is 2.61. The van der Waals surface area contributed by atoms with Gasteiger partial charge in [-0.25, -0.2) is 0 Å². The first-order valence-electron chi connectivity index (χ1n) is 10.5. The number of carbonyl (C=O) groups is 3. The molecule has 0 saturated heterocycles. The molecule has 30 heavy (non-hydrogen) atoms. The fourth-order valence-electron chi connectivity index (χ4n) is 5.49. The highest BCUT2D eigenvalue weighted by molar-refractivity contribution is 6.15. The van der Waals surface area contributed by atoms with Crippen LogP contribution in [0.1, 0.15) is 54.6 Å². The molecule has 0 aliphatic heterocycles. The number of aryl methyl sites for hydroxylation is 1. The van der Waals surface area contributed by atoms with Crippen LogP contribution in [0, 0.1) is 17.8 Å². The van der Waals surface area contributed by atoms with Gasteiger partial charge < -0.3 is 20.4 Å². The van der Waals surface area contributed by atoms with Gasteiger partial charge in [-0.1, -0.05) is 26.0 Å². The molecule has 1 aromatic carbocycles. The van der Waals surface area contributed by atoms with Gasteiger partial charge in [0, 0.05) is 17.9 Å². The quantitative estimate of drug-likeness (QED) is 0.555. The van der Waals surface area contributed by atoms with Crippen LogP contribution in [0.5, 0.6) is 5.75 Å². The molecule has 3 aliphatic carbocycles. The van der Waals surface area contributed by atoms with Crippen molar-refractivity contribution in [3.63, 3.8) is 0 Å². The topological polar surface area (TPSA) is 132 Å². The Labute approximate surface area is 174 Å². The predicted octanol–water partition coefficient (Wildman–Crippen LogP) is 1.80. The second-order valence-electron chi connectivity index (χ2n) is 8.62. The van der Waals surface area contributed by atoms with E-state index in [2.05, 4.69) is 0 Å². The molecule has 7 nitrogen and oxygen atoms in total. The minimum atomic E-state index is -2.38. The van der Waals surface area contributed by atoms with E-state index in [1.807, 2.05) is 6.92 Å². The first-order valence-corrected chi connectivity index (χ1v) is 10.5. The molecule has 0 bridgehead atoms. The highest BCUT2D eigenvalue weighted by Gasteiger charge is 2.62. The third-order valence-electron chi connectivity index (χ3n) is 7.12. The van der Waals surface area contributed by atoms with Crippen LogP contribution in [-0.4, -0.2) is 49.5 Å². The summed E-state index contributed by atoms with van der Waals surface area (Å²) >= 11 is 0. The molecule has 160 valence electrons. The summed E-state index contributed by atoms with van der Waals surface area (Å²) in [6, 6.07) is 3.56. The molecule has 0 spiro atoms. The van der Waals surface area contributed by atoms with E-state index in [1.54, 1.807) is 19.1 Å². The van der Waals surface area contributed by atoms with E-state index in [0.717, 1.165) is 0 Å². The number of carbonyl (C=O) groups excluding carboxylic acids is 3. The first-order chi connectivity index (χ1) is 14.2. The van der Waals surface area contributed by atoms with Crippen molar-refractivity contribution in [1.29, 1.82) is 0 Å². The Kier molecular flexibility index (Phi) is 4.86. The molecule has 1 aromatic rings. The lowest BCUT2D eigenvalue weighted by Gasteiger charge is -2.48. The van der Waals surface area contributed by atoms with Gasteiger partial charge in [0.15, 0.2) is 17.2 Å². The van der Waals surface area contributed by atoms with E-state index >= 15 is 0 Å². The van der Waals surface area contributed by atoms with Gasteiger partial charge >= 0.3 is 0 Å². The van der Waals surface area contributed by atoms with Gasteiger partial charge in [0.2, 0.25) is 0 Å². The minimum absolute atomic E-state index is 0.00808. The number of hydrogen-bond acceptors (Lipinski definition) is 7. The predicted molar refractivity (Wildman–Crippen MR) is 106 cm³/mol. The summed E-state index contributed by atoms with van der Waals surface area (Å²) in [4.78, 5) is 38.7. The van der Waals surface area contributed by atoms with Crippen LogP contribution in [0.4, 0.5) is 0 Å². The fourth-order valence-corrected chi connectivity index (χ4v) is 5.49. The standard InChI is InChI=1S/C23H26O7/c1-3-10-5-6-11-7-12-8-13-9-15(25)18(14(24)4-2)22(29)23(13,30)21(28)17(12)20(27)16(11)19(10)26/h5-6,12-13,15,18,25-26,28,30H,3-4,7-9H2,1-2H3. The lowest BCUT2D eigenvalue weighted by atomic mass is 9.57. The molecule has 1 fully saturated rings. The highest BCUT2D eigenvalue weighted by atomic mass is 16.3. The van der Waals surface area contributed by atoms with Crippen LogP contribution >= 0.6 is 0 Å². The number of rotatable bonds is 3. The van der Waals surface area contributed by atoms with Crippen LogP contribution in [0.2, 0.25) is 0 Å². The van der Waals surface area contributed by atoms with Crippen molar-refractivity contribution in [3.8, 4) is 5.75 Å². The van der Waals surface area contributed by atoms with Crippen LogP contribution in [0.3, 0.4) is 0 Å². The number of aliphatic hydroxyl groups is 3. The Bertz CT molecular complexity index is 992. The Balaban J connectivity index is 1.86. The molecular weight excluding hydrogens is 388 g/mol. The maximum Gasteiger partial charge on any atom is 0.196 e. The SMILES string of the molecule is CCC(=O)C1C(=O)C2(O)C(O)=C3C(=O)c4c(ccc(CC)c4O)CC3CC2CC1O. The number of hydrogen-bond donors (Lipinski definition) is 4. The molecule has 3 aliphatic rings. The number of ketones is 3. The lowest BCUT2D eigenvalue weighted by molar-refractivity contribution is -0.167. The zero-order valence-electron chi connectivity index (χ0n) is 17.0. The summed E-state index contributed by atoms with van der Waals surface area (Å²) in [5, 5.41) is 43.3. The summed E-state index contributed by atoms with van der Waals surface area (Å²) in [6.45, 7) is 3.41. The molecule has 1 saturated carbocycles. The van der Waals surface area contributed by atoms with E-state index in [1.165, 1.54) is 0 Å². The lowest BCUT2D eigenvalue weighted by Crippen LogP contribution is -2.62. The number of Topliss-reactive ketones (excluding diaryl/α,β-unsaturated/α-hetero) is 3. The third-order valence-corrected chi connectivity index (χ3v) is 7.12. The van der Waals surface area contributed by atoms with Crippen molar-refractivity contribution in [1.82, 2.24) is 0 Å². The summed E-state index contributed by atoms with van der Waals surface area (Å²) in [5.41, 5.74) is -1.11. The first kappa shape index (κ1) is 20.8. The van der Waals surface area contributed by atoms with Gasteiger partial charge in [-0.15, -0.1) is 0 Å². The molecular formula is C23H26O7. The van der Waals surface area contributed by atoms with Crippen molar-refractivity contribution in [2.75, 3.05) is 0 Å². The molecule has 0 radical (unpaired) electrons. The Morgan fingerprint density at radius 3 is 2.50 bits per heavy atom. The zero-order valence-corrected chi connectivity index (χ0v) is 17.0. The van der Waals surface area contributed by atoms with Crippen molar-refractivity contribution in [2.45, 2.75) is 57.7 Å². The Hall–Kier alpha value is -2.51. The summed E-state index contributed by atoms with van der Waals surface area (Å²) < 4.78 is 0. The van der Waals surface area contributed by atoms with Gasteiger partial charge in [0.25, 0.3) is 0 Å². The number of aromatic hydroxyl groups is 1. The average molecular weight is 414 g/mol. The largest absolute Gasteiger partial charge is 0.508 e. The van der Waals surface area contributed by atoms with E-state index in [0.29, 0.717) is 24.0 Å². The molecule has 0 aromatic heterocycles. The average Bonchev–Trinajstić information content (AvgIpc) is 2.70. The van der Waals surface area contributed by atoms with E-state index in [9.17, 15) is 34.8 Å². The molecule has 4 N–H and O–H groups in total. The minimum Gasteiger partial charge on any atom is -0.508 e. The van der Waals surface area contributed by atoms with Crippen molar-refractivity contribution in [2.24, 2.45) is 17.8 Å². The second-order valence-corrected chi connectivity index (χ2v) is 8.62. The zero-order chi connectivity index (χ0) is 22.0. The van der Waals surface area contributed by atoms with Gasteiger partial charge in [-0.2, -0.15) is 0 Å². The van der Waals surface area contributed by atoms with E-state index in [-0.39, 0.29) is 36.1 Å². The number of allylic oxidation sites excluding steroid dienone is 1. The molecule has 5 unspecified atom stereocenters. The van der Waals surface area contributed by atoms with Crippen LogP contribution in [0.25, 0.3) is 0 Å². The van der Waals surface area contributed by atoms with Crippen LogP contribution in [-0.2, 0) is 22.4 Å². The number of aliphatic hydroxyl groups excluding tert-OH is 2. The summed E-state index contributed by atoms with van der Waals surface area (Å²) in [5.74, 6) is -5.61. The molecule has 5 atom stereocenters. The Morgan fingerprint density at radius 1 is 1.17 bits per heavy atom. The van der Waals surface area contributed by atoms with E-state index in [4.69, 9.17) is 0 Å². The maximum absolute atomic E-state index is 13.3. The normalized spacial score (nSPS) is 33.1. The highest BCUT2D eigenvalue weighted by Crippen LogP contribution is 2.51. The van der Waals surface area contributed by atoms with Gasteiger partial charge in [-0.05, 0) is 42.7 Å². The number of phenols is 1. The second kappa shape index (κ2) is 7.03. The van der Waals surface area contributed by atoms with Crippen molar-refractivity contribution >= 4 is 17.3 Å². The maximum atomic E-state index is 13.3. The molecule has 0 amide bonds. The van der Waals surface area contributed by atoms with Crippen molar-refractivity contribution < 1.29 is 34.8 Å². The van der Waals surface area contributed by atoms with Gasteiger partial charge in [0.1, 0.15) is 23.2 Å². The fraction of sp³-hybridized carbons (Fsp3) is 0.522. The monoisotopic (exact) mass is 414 g/mol.